The summed E-state index contributed by atoms with van der Waals surface area (Å²) in [4.78, 5) is 4.49. The normalized spacial score (nSPS) is 22.7. The predicted octanol–water partition coefficient (Wildman–Crippen LogP) is 3.73. The number of anilines is 1. The van der Waals surface area contributed by atoms with Crippen LogP contribution in [0.15, 0.2) is 28.8 Å². The molecule has 0 spiro atoms. The zero-order chi connectivity index (χ0) is 14.7. The van der Waals surface area contributed by atoms with E-state index in [1.807, 2.05) is 59.9 Å². The van der Waals surface area contributed by atoms with Gasteiger partial charge in [0.05, 0.1) is 5.25 Å². The average Bonchev–Trinajstić information content (AvgIpc) is 2.96. The molecule has 1 aromatic carbocycles. The van der Waals surface area contributed by atoms with E-state index in [4.69, 9.17) is 10.3 Å². The van der Waals surface area contributed by atoms with Crippen LogP contribution in [0.1, 0.15) is 29.5 Å². The third kappa shape index (κ3) is 3.63. The monoisotopic (exact) mass is 319 g/mol. The summed E-state index contributed by atoms with van der Waals surface area (Å²) in [7, 11) is 0. The van der Waals surface area contributed by atoms with E-state index in [-0.39, 0.29) is 0 Å². The number of aromatic nitrogens is 2. The van der Waals surface area contributed by atoms with E-state index in [0.717, 1.165) is 22.8 Å². The molecule has 1 fully saturated rings. The lowest BCUT2D eigenvalue weighted by atomic mass is 10.2. The molecule has 1 saturated heterocycles. The summed E-state index contributed by atoms with van der Waals surface area (Å²) >= 11 is 3.88. The van der Waals surface area contributed by atoms with Crippen LogP contribution in [0, 0.1) is 0 Å². The Labute approximate surface area is 132 Å². The first-order chi connectivity index (χ1) is 10.2. The second-order valence-corrected chi connectivity index (χ2v) is 7.59. The minimum absolute atomic E-state index is 0.325. The minimum Gasteiger partial charge on any atom is -0.399 e. The van der Waals surface area contributed by atoms with E-state index in [0.29, 0.717) is 16.4 Å². The summed E-state index contributed by atoms with van der Waals surface area (Å²) < 4.78 is 5.32. The number of hydrogen-bond donors (Lipinski definition) is 1. The van der Waals surface area contributed by atoms with Crippen LogP contribution < -0.4 is 5.73 Å². The zero-order valence-corrected chi connectivity index (χ0v) is 13.4. The van der Waals surface area contributed by atoms with Gasteiger partial charge < -0.3 is 10.3 Å². The number of benzene rings is 1. The van der Waals surface area contributed by atoms with Crippen LogP contribution in [-0.4, -0.2) is 26.9 Å². The Morgan fingerprint density at radius 2 is 1.95 bits per heavy atom. The maximum absolute atomic E-state index is 5.66. The van der Waals surface area contributed by atoms with Crippen LogP contribution in [0.4, 0.5) is 5.69 Å². The Balaban J connectivity index is 1.71. The predicted molar refractivity (Wildman–Crippen MR) is 91.2 cm³/mol. The SMILES string of the molecule is CC1SCCSC1c1noc(/C=C/c2ccc(N)cc2)n1. The van der Waals surface area contributed by atoms with Crippen molar-refractivity contribution in [3.05, 3.63) is 41.5 Å². The van der Waals surface area contributed by atoms with Crippen molar-refractivity contribution in [2.75, 3.05) is 17.2 Å². The summed E-state index contributed by atoms with van der Waals surface area (Å²) in [5.74, 6) is 3.69. The van der Waals surface area contributed by atoms with Gasteiger partial charge in [-0.3, -0.25) is 0 Å². The van der Waals surface area contributed by atoms with Crippen LogP contribution in [0.25, 0.3) is 12.2 Å². The van der Waals surface area contributed by atoms with Crippen molar-refractivity contribution in [1.29, 1.82) is 0 Å². The van der Waals surface area contributed by atoms with Gasteiger partial charge in [0.15, 0.2) is 5.82 Å². The van der Waals surface area contributed by atoms with E-state index in [9.17, 15) is 0 Å². The molecule has 110 valence electrons. The molecule has 1 aliphatic rings. The van der Waals surface area contributed by atoms with Gasteiger partial charge in [0, 0.05) is 28.5 Å². The third-order valence-electron chi connectivity index (χ3n) is 3.25. The van der Waals surface area contributed by atoms with E-state index in [2.05, 4.69) is 17.1 Å². The Hall–Kier alpha value is -1.40. The molecular formula is C15H17N3OS2. The Kier molecular flexibility index (Phi) is 4.55. The Morgan fingerprint density at radius 1 is 1.19 bits per heavy atom. The highest BCUT2D eigenvalue weighted by atomic mass is 32.2. The highest BCUT2D eigenvalue weighted by Crippen LogP contribution is 2.41. The number of nitrogen functional groups attached to an aromatic ring is 1. The highest BCUT2D eigenvalue weighted by molar-refractivity contribution is 8.06. The Bertz CT molecular complexity index is 624. The molecular weight excluding hydrogens is 302 g/mol. The van der Waals surface area contributed by atoms with Gasteiger partial charge in [0.1, 0.15) is 0 Å². The van der Waals surface area contributed by atoms with Crippen LogP contribution in [0.3, 0.4) is 0 Å². The quantitative estimate of drug-likeness (QED) is 0.870. The molecule has 21 heavy (non-hydrogen) atoms. The molecule has 2 atom stereocenters. The van der Waals surface area contributed by atoms with Crippen molar-refractivity contribution in [1.82, 2.24) is 10.1 Å². The number of rotatable bonds is 3. The van der Waals surface area contributed by atoms with Gasteiger partial charge in [-0.2, -0.15) is 16.7 Å². The lowest BCUT2D eigenvalue weighted by molar-refractivity contribution is 0.402. The molecule has 0 aliphatic carbocycles. The van der Waals surface area contributed by atoms with Gasteiger partial charge >= 0.3 is 0 Å². The molecule has 2 aromatic rings. The summed E-state index contributed by atoms with van der Waals surface area (Å²) in [6.45, 7) is 2.22. The molecule has 1 aliphatic heterocycles. The first kappa shape index (κ1) is 14.5. The van der Waals surface area contributed by atoms with Crippen molar-refractivity contribution in [3.63, 3.8) is 0 Å². The van der Waals surface area contributed by atoms with E-state index in [1.54, 1.807) is 0 Å². The standard InChI is InChI=1S/C15H17N3OS2/c1-10-14(21-9-8-20-10)15-17-13(19-18-15)7-4-11-2-5-12(16)6-3-11/h2-7,10,14H,8-9,16H2,1H3/b7-4+. The topological polar surface area (TPSA) is 64.9 Å². The lowest BCUT2D eigenvalue weighted by Crippen LogP contribution is -2.16. The van der Waals surface area contributed by atoms with Crippen LogP contribution in [-0.2, 0) is 0 Å². The molecule has 6 heteroatoms. The Morgan fingerprint density at radius 3 is 2.71 bits per heavy atom. The fraction of sp³-hybridized carbons (Fsp3) is 0.333. The van der Waals surface area contributed by atoms with Crippen LogP contribution in [0.2, 0.25) is 0 Å². The van der Waals surface area contributed by atoms with E-state index < -0.39 is 0 Å². The number of nitrogens with two attached hydrogens (primary N) is 1. The van der Waals surface area contributed by atoms with E-state index >= 15 is 0 Å². The first-order valence-electron chi connectivity index (χ1n) is 6.83. The molecule has 0 radical (unpaired) electrons. The van der Waals surface area contributed by atoms with Crippen molar-refractivity contribution >= 4 is 41.4 Å². The van der Waals surface area contributed by atoms with Gasteiger partial charge in [-0.05, 0) is 23.8 Å². The molecule has 0 saturated carbocycles. The molecule has 0 amide bonds. The van der Waals surface area contributed by atoms with Crippen molar-refractivity contribution < 1.29 is 4.52 Å². The number of thioether (sulfide) groups is 2. The van der Waals surface area contributed by atoms with Crippen molar-refractivity contribution in [2.24, 2.45) is 0 Å². The lowest BCUT2D eigenvalue weighted by Gasteiger charge is -2.24. The van der Waals surface area contributed by atoms with Gasteiger partial charge in [0.2, 0.25) is 0 Å². The number of nitrogens with zero attached hydrogens (tertiary/aromatic N) is 2. The molecule has 2 N–H and O–H groups in total. The molecule has 4 nitrogen and oxygen atoms in total. The largest absolute Gasteiger partial charge is 0.399 e. The zero-order valence-electron chi connectivity index (χ0n) is 11.7. The van der Waals surface area contributed by atoms with Gasteiger partial charge in [0.25, 0.3) is 5.89 Å². The van der Waals surface area contributed by atoms with E-state index in [1.165, 1.54) is 5.75 Å². The summed E-state index contributed by atoms with van der Waals surface area (Å²) in [5.41, 5.74) is 7.48. The highest BCUT2D eigenvalue weighted by Gasteiger charge is 2.28. The van der Waals surface area contributed by atoms with Gasteiger partial charge in [-0.1, -0.05) is 24.2 Å². The second-order valence-electron chi connectivity index (χ2n) is 4.86. The average molecular weight is 319 g/mol. The summed E-state index contributed by atoms with van der Waals surface area (Å²) in [5, 5.41) is 4.97. The van der Waals surface area contributed by atoms with Gasteiger partial charge in [-0.15, -0.1) is 11.8 Å². The van der Waals surface area contributed by atoms with Crippen molar-refractivity contribution in [2.45, 2.75) is 17.4 Å². The van der Waals surface area contributed by atoms with Crippen LogP contribution in [0.5, 0.6) is 0 Å². The molecule has 2 heterocycles. The molecule has 3 rings (SSSR count). The molecule has 2 unspecified atom stereocenters. The second kappa shape index (κ2) is 6.58. The summed E-state index contributed by atoms with van der Waals surface area (Å²) in [6, 6.07) is 7.66. The third-order valence-corrected chi connectivity index (χ3v) is 6.34. The fourth-order valence-electron chi connectivity index (χ4n) is 2.12. The fourth-order valence-corrected chi connectivity index (χ4v) is 4.80. The summed E-state index contributed by atoms with van der Waals surface area (Å²) in [6.07, 6.45) is 3.79. The first-order valence-corrected chi connectivity index (χ1v) is 8.92. The maximum atomic E-state index is 5.66. The maximum Gasteiger partial charge on any atom is 0.250 e. The number of hydrogen-bond acceptors (Lipinski definition) is 6. The smallest absolute Gasteiger partial charge is 0.250 e. The van der Waals surface area contributed by atoms with Crippen LogP contribution >= 0.6 is 23.5 Å². The molecule has 0 bridgehead atoms. The molecule has 1 aromatic heterocycles. The minimum atomic E-state index is 0.325. The van der Waals surface area contributed by atoms with Gasteiger partial charge in [-0.25, -0.2) is 0 Å². The van der Waals surface area contributed by atoms with Crippen molar-refractivity contribution in [3.8, 4) is 0 Å².